The van der Waals surface area contributed by atoms with Crippen LogP contribution in [0.3, 0.4) is 0 Å². The molecule has 2 rings (SSSR count). The monoisotopic (exact) mass is 282 g/mol. The third kappa shape index (κ3) is 3.92. The molecule has 0 heterocycles. The van der Waals surface area contributed by atoms with Gasteiger partial charge in [-0.3, -0.25) is 10.1 Å². The second-order valence-corrected chi connectivity index (χ2v) is 5.23. The van der Waals surface area contributed by atoms with Gasteiger partial charge in [0, 0.05) is 6.04 Å². The Morgan fingerprint density at radius 3 is 2.19 bits per heavy atom. The van der Waals surface area contributed by atoms with E-state index in [9.17, 15) is 4.79 Å². The van der Waals surface area contributed by atoms with Crippen LogP contribution < -0.4 is 11.1 Å². The molecule has 0 fully saturated rings. The van der Waals surface area contributed by atoms with Crippen LogP contribution in [0.1, 0.15) is 42.6 Å². The molecule has 0 bridgehead atoms. The lowest BCUT2D eigenvalue weighted by Crippen LogP contribution is -2.35. The molecule has 0 aliphatic carbocycles. The number of rotatable bonds is 6. The molecule has 0 saturated carbocycles. The Kier molecular flexibility index (Phi) is 5.12. The number of aryl methyl sites for hydroxylation is 1. The quantitative estimate of drug-likeness (QED) is 0.855. The zero-order valence-corrected chi connectivity index (χ0v) is 12.5. The van der Waals surface area contributed by atoms with E-state index in [1.807, 2.05) is 37.3 Å². The van der Waals surface area contributed by atoms with E-state index in [0.717, 1.165) is 17.5 Å². The molecule has 3 heteroatoms. The fourth-order valence-corrected chi connectivity index (χ4v) is 2.38. The Morgan fingerprint density at radius 2 is 1.67 bits per heavy atom. The van der Waals surface area contributed by atoms with E-state index >= 15 is 0 Å². The van der Waals surface area contributed by atoms with Crippen molar-refractivity contribution in [3.8, 4) is 0 Å². The summed E-state index contributed by atoms with van der Waals surface area (Å²) in [7, 11) is 0. The standard InChI is InChI=1S/C18H22N2O/c1-3-14-9-11-15(12-10-14)13(2)20-17(18(19)21)16-7-5-4-6-8-16/h4-13,17,20H,3H2,1-2H3,(H2,19,21)/t13-,17-/m0/s1. The molecule has 0 aliphatic rings. The highest BCUT2D eigenvalue weighted by Crippen LogP contribution is 2.20. The van der Waals surface area contributed by atoms with Crippen molar-refractivity contribution >= 4 is 5.91 Å². The number of carbonyl (C=O) groups excluding carboxylic acids is 1. The van der Waals surface area contributed by atoms with Gasteiger partial charge in [-0.05, 0) is 30.0 Å². The maximum absolute atomic E-state index is 11.7. The van der Waals surface area contributed by atoms with Crippen LogP contribution >= 0.6 is 0 Å². The number of primary amides is 1. The number of amides is 1. The number of hydrogen-bond acceptors (Lipinski definition) is 2. The Balaban J connectivity index is 2.14. The van der Waals surface area contributed by atoms with Crippen molar-refractivity contribution in [3.63, 3.8) is 0 Å². The van der Waals surface area contributed by atoms with Crippen LogP contribution in [0.4, 0.5) is 0 Å². The molecule has 110 valence electrons. The first-order valence-electron chi connectivity index (χ1n) is 7.31. The van der Waals surface area contributed by atoms with Gasteiger partial charge in [0.05, 0.1) is 0 Å². The third-order valence-electron chi connectivity index (χ3n) is 3.72. The van der Waals surface area contributed by atoms with Crippen LogP contribution in [-0.4, -0.2) is 5.91 Å². The normalized spacial score (nSPS) is 13.6. The number of carbonyl (C=O) groups is 1. The molecule has 3 nitrogen and oxygen atoms in total. The van der Waals surface area contributed by atoms with Gasteiger partial charge in [0.25, 0.3) is 0 Å². The topological polar surface area (TPSA) is 55.1 Å². The van der Waals surface area contributed by atoms with Crippen molar-refractivity contribution in [2.45, 2.75) is 32.4 Å². The Hall–Kier alpha value is -2.13. The Morgan fingerprint density at radius 1 is 1.05 bits per heavy atom. The first kappa shape index (κ1) is 15.3. The summed E-state index contributed by atoms with van der Waals surface area (Å²) < 4.78 is 0. The molecule has 0 aromatic heterocycles. The lowest BCUT2D eigenvalue weighted by molar-refractivity contribution is -0.120. The van der Waals surface area contributed by atoms with Gasteiger partial charge in [-0.15, -0.1) is 0 Å². The van der Waals surface area contributed by atoms with E-state index in [4.69, 9.17) is 5.73 Å². The van der Waals surface area contributed by atoms with Crippen molar-refractivity contribution < 1.29 is 4.79 Å². The molecule has 0 radical (unpaired) electrons. The zero-order chi connectivity index (χ0) is 15.2. The number of benzene rings is 2. The molecule has 2 aromatic carbocycles. The van der Waals surface area contributed by atoms with Crippen molar-refractivity contribution in [1.82, 2.24) is 5.32 Å². The molecule has 0 spiro atoms. The van der Waals surface area contributed by atoms with E-state index in [1.54, 1.807) is 0 Å². The summed E-state index contributed by atoms with van der Waals surface area (Å²) in [5.41, 5.74) is 8.88. The number of nitrogens with two attached hydrogens (primary N) is 1. The summed E-state index contributed by atoms with van der Waals surface area (Å²) in [6.45, 7) is 4.18. The molecule has 3 N–H and O–H groups in total. The highest BCUT2D eigenvalue weighted by Gasteiger charge is 2.20. The van der Waals surface area contributed by atoms with Crippen LogP contribution in [0.15, 0.2) is 54.6 Å². The van der Waals surface area contributed by atoms with Crippen LogP contribution in [0.5, 0.6) is 0 Å². The first-order chi connectivity index (χ1) is 10.1. The highest BCUT2D eigenvalue weighted by atomic mass is 16.1. The minimum absolute atomic E-state index is 0.0496. The van der Waals surface area contributed by atoms with E-state index in [0.29, 0.717) is 0 Å². The van der Waals surface area contributed by atoms with Gasteiger partial charge in [-0.1, -0.05) is 61.5 Å². The Bertz CT molecular complexity index is 578. The average Bonchev–Trinajstić information content (AvgIpc) is 2.53. The first-order valence-corrected chi connectivity index (χ1v) is 7.31. The van der Waals surface area contributed by atoms with Crippen molar-refractivity contribution in [3.05, 3.63) is 71.3 Å². The largest absolute Gasteiger partial charge is 0.368 e. The Labute approximate surface area is 126 Å². The molecular weight excluding hydrogens is 260 g/mol. The second kappa shape index (κ2) is 7.04. The highest BCUT2D eigenvalue weighted by molar-refractivity contribution is 5.81. The number of hydrogen-bond donors (Lipinski definition) is 2. The van der Waals surface area contributed by atoms with Crippen LogP contribution in [0.2, 0.25) is 0 Å². The SMILES string of the molecule is CCc1ccc([C@H](C)N[C@H](C(N)=O)c2ccccc2)cc1. The van der Waals surface area contributed by atoms with E-state index in [2.05, 4.69) is 36.5 Å². The van der Waals surface area contributed by atoms with E-state index in [-0.39, 0.29) is 11.9 Å². The minimum Gasteiger partial charge on any atom is -0.368 e. The zero-order valence-electron chi connectivity index (χ0n) is 12.5. The molecular formula is C18H22N2O. The smallest absolute Gasteiger partial charge is 0.239 e. The number of nitrogens with one attached hydrogen (secondary N) is 1. The summed E-state index contributed by atoms with van der Waals surface area (Å²) in [6, 6.07) is 17.6. The van der Waals surface area contributed by atoms with Gasteiger partial charge in [-0.2, -0.15) is 0 Å². The minimum atomic E-state index is -0.480. The molecule has 1 amide bonds. The van der Waals surface area contributed by atoms with Crippen molar-refractivity contribution in [2.24, 2.45) is 5.73 Å². The summed E-state index contributed by atoms with van der Waals surface area (Å²) in [4.78, 5) is 11.7. The fourth-order valence-electron chi connectivity index (χ4n) is 2.38. The second-order valence-electron chi connectivity index (χ2n) is 5.23. The lowest BCUT2D eigenvalue weighted by atomic mass is 10.0. The average molecular weight is 282 g/mol. The lowest BCUT2D eigenvalue weighted by Gasteiger charge is -2.22. The summed E-state index contributed by atoms with van der Waals surface area (Å²) in [5.74, 6) is -0.363. The van der Waals surface area contributed by atoms with Crippen molar-refractivity contribution in [2.75, 3.05) is 0 Å². The maximum Gasteiger partial charge on any atom is 0.239 e. The van der Waals surface area contributed by atoms with E-state index in [1.165, 1.54) is 5.56 Å². The third-order valence-corrected chi connectivity index (χ3v) is 3.72. The molecule has 0 unspecified atom stereocenters. The van der Waals surface area contributed by atoms with Gasteiger partial charge in [-0.25, -0.2) is 0 Å². The van der Waals surface area contributed by atoms with Gasteiger partial charge in [0.1, 0.15) is 6.04 Å². The predicted octanol–water partition coefficient (Wildman–Crippen LogP) is 3.13. The van der Waals surface area contributed by atoms with Gasteiger partial charge in [0.2, 0.25) is 5.91 Å². The fraction of sp³-hybridized carbons (Fsp3) is 0.278. The van der Waals surface area contributed by atoms with Crippen LogP contribution in [0, 0.1) is 0 Å². The molecule has 0 aliphatic heterocycles. The van der Waals surface area contributed by atoms with Gasteiger partial charge >= 0.3 is 0 Å². The summed E-state index contributed by atoms with van der Waals surface area (Å²) in [6.07, 6.45) is 1.02. The summed E-state index contributed by atoms with van der Waals surface area (Å²) in [5, 5.41) is 3.31. The van der Waals surface area contributed by atoms with Crippen LogP contribution in [-0.2, 0) is 11.2 Å². The molecule has 21 heavy (non-hydrogen) atoms. The molecule has 2 atom stereocenters. The summed E-state index contributed by atoms with van der Waals surface area (Å²) >= 11 is 0. The predicted molar refractivity (Wildman–Crippen MR) is 85.7 cm³/mol. The molecule has 2 aromatic rings. The van der Waals surface area contributed by atoms with Gasteiger partial charge in [0.15, 0.2) is 0 Å². The molecule has 0 saturated heterocycles. The van der Waals surface area contributed by atoms with Crippen molar-refractivity contribution in [1.29, 1.82) is 0 Å². The maximum atomic E-state index is 11.7. The van der Waals surface area contributed by atoms with Gasteiger partial charge < -0.3 is 5.73 Å². The van der Waals surface area contributed by atoms with Crippen LogP contribution in [0.25, 0.3) is 0 Å². The van der Waals surface area contributed by atoms with E-state index < -0.39 is 6.04 Å².